The Balaban J connectivity index is 1.86. The Morgan fingerprint density at radius 1 is 0.906 bits per heavy atom. The molecule has 0 fully saturated rings. The Morgan fingerprint density at radius 3 is 2.28 bits per heavy atom. The molecule has 0 radical (unpaired) electrons. The van der Waals surface area contributed by atoms with E-state index in [1.165, 1.54) is 13.2 Å². The lowest BCUT2D eigenvalue weighted by molar-refractivity contribution is -0.120. The molecule has 32 heavy (non-hydrogen) atoms. The molecule has 1 aliphatic heterocycles. The number of carbonyl (C=O) groups is 2. The van der Waals surface area contributed by atoms with Gasteiger partial charge in [-0.2, -0.15) is 0 Å². The van der Waals surface area contributed by atoms with Gasteiger partial charge in [-0.1, -0.05) is 29.8 Å². The first-order valence-corrected chi connectivity index (χ1v) is 9.93. The molecule has 8 heteroatoms. The minimum atomic E-state index is -1.09. The van der Waals surface area contributed by atoms with Gasteiger partial charge < -0.3 is 10.1 Å². The Bertz CT molecular complexity index is 1270. The lowest BCUT2D eigenvalue weighted by Crippen LogP contribution is -2.32. The monoisotopic (exact) mass is 454 g/mol. The third-order valence-electron chi connectivity index (χ3n) is 4.98. The lowest BCUT2D eigenvalue weighted by Gasteiger charge is -2.19. The van der Waals surface area contributed by atoms with Gasteiger partial charge in [-0.15, -0.1) is 0 Å². The van der Waals surface area contributed by atoms with E-state index in [1.807, 2.05) is 6.92 Å². The Kier molecular flexibility index (Phi) is 5.67. The number of nitrogens with one attached hydrogen (secondary N) is 1. The van der Waals surface area contributed by atoms with Gasteiger partial charge in [-0.05, 0) is 54.4 Å². The summed E-state index contributed by atoms with van der Waals surface area (Å²) in [5.74, 6) is -3.03. The number of benzene rings is 3. The summed E-state index contributed by atoms with van der Waals surface area (Å²) in [7, 11) is 1.44. The average molecular weight is 455 g/mol. The first-order chi connectivity index (χ1) is 15.3. The first-order valence-electron chi connectivity index (χ1n) is 9.56. The molecule has 3 aromatic carbocycles. The van der Waals surface area contributed by atoms with E-state index in [1.54, 1.807) is 42.5 Å². The number of anilines is 2. The molecule has 1 heterocycles. The van der Waals surface area contributed by atoms with Crippen LogP contribution >= 0.6 is 11.6 Å². The largest absolute Gasteiger partial charge is 0.495 e. The second-order valence-corrected chi connectivity index (χ2v) is 7.57. The number of halogens is 3. The number of rotatable bonds is 5. The fourth-order valence-electron chi connectivity index (χ4n) is 3.44. The van der Waals surface area contributed by atoms with E-state index in [0.29, 0.717) is 16.3 Å². The number of methoxy groups -OCH3 is 1. The number of amides is 2. The van der Waals surface area contributed by atoms with Gasteiger partial charge in [0.1, 0.15) is 11.4 Å². The van der Waals surface area contributed by atoms with Crippen LogP contribution in [0.4, 0.5) is 20.2 Å². The predicted octanol–water partition coefficient (Wildman–Crippen LogP) is 5.33. The second-order valence-electron chi connectivity index (χ2n) is 7.13. The van der Waals surface area contributed by atoms with Gasteiger partial charge in [-0.3, -0.25) is 9.59 Å². The molecule has 1 N–H and O–H groups in total. The molecule has 4 rings (SSSR count). The Hall–Kier alpha value is -3.71. The maximum absolute atomic E-state index is 13.8. The van der Waals surface area contributed by atoms with Gasteiger partial charge in [0.15, 0.2) is 11.6 Å². The number of aryl methyl sites for hydroxylation is 1. The molecule has 0 unspecified atom stereocenters. The van der Waals surface area contributed by atoms with Crippen LogP contribution < -0.4 is 15.0 Å². The van der Waals surface area contributed by atoms with E-state index in [9.17, 15) is 18.4 Å². The molecular formula is C24H17ClF2N2O3. The fourth-order valence-corrected chi connectivity index (χ4v) is 3.57. The topological polar surface area (TPSA) is 58.6 Å². The third-order valence-corrected chi connectivity index (χ3v) is 5.23. The summed E-state index contributed by atoms with van der Waals surface area (Å²) in [6, 6.07) is 14.6. The molecule has 0 aromatic heterocycles. The molecule has 0 spiro atoms. The standard InChI is InChI=1S/C24H17ClF2N2O3/c1-13-3-10-20(32-2)19(11-13)29-23(30)21(14-4-6-15(25)7-5-14)22(24(29)31)28-16-8-9-17(26)18(27)12-16/h3-12,28H,1-2H3. The Labute approximate surface area is 187 Å². The molecule has 0 aliphatic carbocycles. The molecule has 162 valence electrons. The van der Waals surface area contributed by atoms with Crippen molar-refractivity contribution in [2.24, 2.45) is 0 Å². The zero-order chi connectivity index (χ0) is 23.0. The van der Waals surface area contributed by atoms with Crippen LogP contribution in [0.25, 0.3) is 5.57 Å². The fraction of sp³-hybridized carbons (Fsp3) is 0.0833. The van der Waals surface area contributed by atoms with Gasteiger partial charge in [0.25, 0.3) is 11.8 Å². The molecule has 0 saturated heterocycles. The van der Waals surface area contributed by atoms with E-state index >= 15 is 0 Å². The highest BCUT2D eigenvalue weighted by Crippen LogP contribution is 2.38. The van der Waals surface area contributed by atoms with Gasteiger partial charge in [0, 0.05) is 16.8 Å². The van der Waals surface area contributed by atoms with Crippen LogP contribution in [0, 0.1) is 18.6 Å². The second kappa shape index (κ2) is 8.43. The van der Waals surface area contributed by atoms with Crippen molar-refractivity contribution in [3.8, 4) is 5.75 Å². The van der Waals surface area contributed by atoms with Crippen LogP contribution in [0.2, 0.25) is 5.02 Å². The molecule has 2 amide bonds. The number of nitrogens with zero attached hydrogens (tertiary/aromatic N) is 1. The van der Waals surface area contributed by atoms with Crippen molar-refractivity contribution in [2.75, 3.05) is 17.3 Å². The minimum absolute atomic E-state index is 0.0694. The smallest absolute Gasteiger partial charge is 0.282 e. The molecule has 1 aliphatic rings. The summed E-state index contributed by atoms with van der Waals surface area (Å²) < 4.78 is 32.5. The summed E-state index contributed by atoms with van der Waals surface area (Å²) in [5.41, 5.74) is 1.64. The minimum Gasteiger partial charge on any atom is -0.495 e. The van der Waals surface area contributed by atoms with Crippen molar-refractivity contribution in [3.63, 3.8) is 0 Å². The highest BCUT2D eigenvalue weighted by Gasteiger charge is 2.41. The van der Waals surface area contributed by atoms with Crippen molar-refractivity contribution in [2.45, 2.75) is 6.92 Å². The SMILES string of the molecule is COc1ccc(C)cc1N1C(=O)C(Nc2ccc(F)c(F)c2)=C(c2ccc(Cl)cc2)C1=O. The van der Waals surface area contributed by atoms with Crippen LogP contribution in [-0.4, -0.2) is 18.9 Å². The molecule has 0 bridgehead atoms. The molecule has 3 aromatic rings. The normalized spacial score (nSPS) is 13.7. The number of imide groups is 1. The van der Waals surface area contributed by atoms with Crippen LogP contribution in [-0.2, 0) is 9.59 Å². The highest BCUT2D eigenvalue weighted by atomic mass is 35.5. The molecule has 0 atom stereocenters. The van der Waals surface area contributed by atoms with Gasteiger partial charge in [-0.25, -0.2) is 13.7 Å². The summed E-state index contributed by atoms with van der Waals surface area (Å²) in [6.07, 6.45) is 0. The summed E-state index contributed by atoms with van der Waals surface area (Å²) in [4.78, 5) is 27.9. The van der Waals surface area contributed by atoms with Gasteiger partial charge in [0.05, 0.1) is 18.4 Å². The van der Waals surface area contributed by atoms with E-state index in [0.717, 1.165) is 22.6 Å². The van der Waals surface area contributed by atoms with E-state index in [-0.39, 0.29) is 22.6 Å². The van der Waals surface area contributed by atoms with E-state index in [2.05, 4.69) is 5.32 Å². The maximum atomic E-state index is 13.8. The molecular weight excluding hydrogens is 438 g/mol. The zero-order valence-corrected chi connectivity index (χ0v) is 17.8. The number of hydrogen-bond donors (Lipinski definition) is 1. The van der Waals surface area contributed by atoms with Gasteiger partial charge >= 0.3 is 0 Å². The maximum Gasteiger partial charge on any atom is 0.282 e. The number of hydrogen-bond acceptors (Lipinski definition) is 4. The van der Waals surface area contributed by atoms with Gasteiger partial charge in [0.2, 0.25) is 0 Å². The third kappa shape index (κ3) is 3.83. The number of ether oxygens (including phenoxy) is 1. The Morgan fingerprint density at radius 2 is 1.62 bits per heavy atom. The van der Waals surface area contributed by atoms with Crippen LogP contribution in [0.15, 0.2) is 66.4 Å². The van der Waals surface area contributed by atoms with Crippen LogP contribution in [0.5, 0.6) is 5.75 Å². The average Bonchev–Trinajstić information content (AvgIpc) is 3.00. The van der Waals surface area contributed by atoms with Crippen molar-refractivity contribution < 1.29 is 23.1 Å². The highest BCUT2D eigenvalue weighted by molar-refractivity contribution is 6.46. The predicted molar refractivity (Wildman–Crippen MR) is 119 cm³/mol. The number of carbonyl (C=O) groups excluding carboxylic acids is 2. The summed E-state index contributed by atoms with van der Waals surface area (Å²) >= 11 is 5.98. The summed E-state index contributed by atoms with van der Waals surface area (Å²) in [6.45, 7) is 1.82. The quantitative estimate of drug-likeness (QED) is 0.529. The van der Waals surface area contributed by atoms with Crippen molar-refractivity contribution >= 4 is 40.4 Å². The van der Waals surface area contributed by atoms with Crippen molar-refractivity contribution in [1.29, 1.82) is 0 Å². The van der Waals surface area contributed by atoms with Crippen molar-refractivity contribution in [1.82, 2.24) is 0 Å². The first kappa shape index (κ1) is 21.5. The summed E-state index contributed by atoms with van der Waals surface area (Å²) in [5, 5.41) is 3.25. The molecule has 5 nitrogen and oxygen atoms in total. The van der Waals surface area contributed by atoms with Crippen LogP contribution in [0.3, 0.4) is 0 Å². The lowest BCUT2D eigenvalue weighted by atomic mass is 10.0. The van der Waals surface area contributed by atoms with Crippen molar-refractivity contribution in [3.05, 3.63) is 94.1 Å². The van der Waals surface area contributed by atoms with E-state index in [4.69, 9.17) is 16.3 Å². The van der Waals surface area contributed by atoms with Crippen LogP contribution in [0.1, 0.15) is 11.1 Å². The van der Waals surface area contributed by atoms with E-state index < -0.39 is 23.4 Å². The molecule has 0 saturated carbocycles. The zero-order valence-electron chi connectivity index (χ0n) is 17.1.